The molecule has 136 valence electrons. The van der Waals surface area contributed by atoms with E-state index in [1.165, 1.54) is 19.1 Å². The molecule has 1 heterocycles. The molecule has 22 heavy (non-hydrogen) atoms. The van der Waals surface area contributed by atoms with Crippen LogP contribution in [-0.4, -0.2) is 50.8 Å². The Morgan fingerprint density at radius 3 is 1.41 bits per heavy atom. The zero-order valence-corrected chi connectivity index (χ0v) is 17.4. The molecule has 0 aromatic carbocycles. The summed E-state index contributed by atoms with van der Waals surface area (Å²) < 4.78 is 48.5. The van der Waals surface area contributed by atoms with Crippen LogP contribution in [0.3, 0.4) is 0 Å². The molecule has 0 spiro atoms. The van der Waals surface area contributed by atoms with Crippen LogP contribution in [0.5, 0.6) is 0 Å². The Bertz CT molecular complexity index is 491. The highest BCUT2D eigenvalue weighted by molar-refractivity contribution is 7.90. The first-order valence-corrected chi connectivity index (χ1v) is 13.8. The number of nitrogens with two attached hydrogens (primary N) is 1. The maximum atomic E-state index is 11.0. The molecule has 0 atom stereocenters. The number of hydrogen-bond acceptors (Lipinski definition) is 5. The molecular formula is C12H32N2O5S2Si. The summed E-state index contributed by atoms with van der Waals surface area (Å²) in [5.41, 5.74) is 0. The van der Waals surface area contributed by atoms with Crippen molar-refractivity contribution in [2.75, 3.05) is 25.7 Å². The van der Waals surface area contributed by atoms with Gasteiger partial charge in [0.15, 0.2) is 0 Å². The van der Waals surface area contributed by atoms with Crippen molar-refractivity contribution in [2.24, 2.45) is 5.14 Å². The second-order valence-corrected chi connectivity index (χ2v) is 15.7. The van der Waals surface area contributed by atoms with E-state index in [1.54, 1.807) is 0 Å². The monoisotopic (exact) mass is 376 g/mol. The Balaban J connectivity index is 0. The maximum absolute atomic E-state index is 11.0. The zero-order chi connectivity index (χ0) is 18.2. The van der Waals surface area contributed by atoms with E-state index in [2.05, 4.69) is 30.3 Å². The quantitative estimate of drug-likeness (QED) is 0.704. The fourth-order valence-electron chi connectivity index (χ4n) is 1.13. The van der Waals surface area contributed by atoms with Gasteiger partial charge in [-0.05, 0) is 17.9 Å². The van der Waals surface area contributed by atoms with Crippen LogP contribution in [0.4, 0.5) is 0 Å². The van der Waals surface area contributed by atoms with Crippen LogP contribution >= 0.6 is 0 Å². The van der Waals surface area contributed by atoms with Crippen molar-refractivity contribution < 1.29 is 21.6 Å². The average Bonchev–Trinajstić information content (AvgIpc) is 2.64. The molecule has 0 saturated carbocycles. The summed E-state index contributed by atoms with van der Waals surface area (Å²) in [5.74, 6) is 0. The summed E-state index contributed by atoms with van der Waals surface area (Å²) in [7, 11) is -8.10. The first-order valence-electron chi connectivity index (χ1n) is 7.00. The molecule has 1 aliphatic heterocycles. The molecule has 1 rings (SSSR count). The molecule has 0 amide bonds. The fraction of sp³-hybridized carbons (Fsp3) is 1.00. The van der Waals surface area contributed by atoms with Gasteiger partial charge in [0.1, 0.15) is 8.24 Å². The first-order chi connectivity index (χ1) is 9.46. The van der Waals surface area contributed by atoms with Gasteiger partial charge in [-0.25, -0.2) is 26.4 Å². The van der Waals surface area contributed by atoms with Crippen LogP contribution in [0.25, 0.3) is 0 Å². The standard InChI is InChI=1S/C7H19NO2SSi.C4H8O.CH5NO2S/c1-7(2,3)12(5,6)8-11(4,9)10;1-2-4-5-3-1;1-5(2,3)4/h8H,1-6H3;1-4H2;1H3,(H2,2,3,4). The molecule has 0 unspecified atom stereocenters. The number of primary sulfonamides is 1. The molecule has 7 nitrogen and oxygen atoms in total. The van der Waals surface area contributed by atoms with Crippen molar-refractivity contribution in [2.45, 2.75) is 51.7 Å². The van der Waals surface area contributed by atoms with Gasteiger partial charge >= 0.3 is 0 Å². The second-order valence-electron chi connectivity index (χ2n) is 6.90. The van der Waals surface area contributed by atoms with Crippen molar-refractivity contribution in [1.29, 1.82) is 0 Å². The smallest absolute Gasteiger partial charge is 0.206 e. The lowest BCUT2D eigenvalue weighted by Crippen LogP contribution is -2.54. The summed E-state index contributed by atoms with van der Waals surface area (Å²) in [5, 5.41) is 4.38. The minimum atomic E-state index is -3.17. The highest BCUT2D eigenvalue weighted by Gasteiger charge is 2.37. The molecule has 1 aliphatic rings. The van der Waals surface area contributed by atoms with Crippen molar-refractivity contribution in [3.8, 4) is 0 Å². The third kappa shape index (κ3) is 18.0. The number of rotatable bonds is 2. The van der Waals surface area contributed by atoms with Crippen molar-refractivity contribution >= 4 is 28.3 Å². The number of ether oxygens (including phenoxy) is 1. The van der Waals surface area contributed by atoms with Crippen LogP contribution in [-0.2, 0) is 24.8 Å². The van der Waals surface area contributed by atoms with Crippen LogP contribution < -0.4 is 9.53 Å². The lowest BCUT2D eigenvalue weighted by molar-refractivity contribution is 0.198. The molecule has 0 radical (unpaired) electrons. The van der Waals surface area contributed by atoms with Gasteiger partial charge in [-0.2, -0.15) is 0 Å². The van der Waals surface area contributed by atoms with Gasteiger partial charge < -0.3 is 4.74 Å². The lowest BCUT2D eigenvalue weighted by atomic mass is 10.2. The van der Waals surface area contributed by atoms with E-state index in [1.807, 2.05) is 13.1 Å². The third-order valence-corrected chi connectivity index (χ3v) is 10.4. The predicted molar refractivity (Wildman–Crippen MR) is 94.3 cm³/mol. The van der Waals surface area contributed by atoms with Crippen molar-refractivity contribution in [3.63, 3.8) is 0 Å². The Morgan fingerprint density at radius 2 is 1.32 bits per heavy atom. The van der Waals surface area contributed by atoms with Gasteiger partial charge in [-0.3, -0.25) is 0 Å². The minimum Gasteiger partial charge on any atom is -0.381 e. The topological polar surface area (TPSA) is 116 Å². The summed E-state index contributed by atoms with van der Waals surface area (Å²) in [6.45, 7) is 12.2. The van der Waals surface area contributed by atoms with Crippen molar-refractivity contribution in [1.82, 2.24) is 4.39 Å². The first kappa shape index (κ1) is 24.3. The van der Waals surface area contributed by atoms with E-state index >= 15 is 0 Å². The lowest BCUT2D eigenvalue weighted by Gasteiger charge is -2.36. The van der Waals surface area contributed by atoms with Crippen molar-refractivity contribution in [3.05, 3.63) is 0 Å². The van der Waals surface area contributed by atoms with Gasteiger partial charge in [0, 0.05) is 13.2 Å². The largest absolute Gasteiger partial charge is 0.381 e. The Hall–Kier alpha value is -0.00312. The SMILES string of the molecule is C1CCOC1.CC(C)(C)[Si](C)(C)NS(C)(=O)=O.CS(N)(=O)=O. The average molecular weight is 377 g/mol. The van der Waals surface area contributed by atoms with E-state index in [0.717, 1.165) is 19.5 Å². The summed E-state index contributed by atoms with van der Waals surface area (Å²) >= 11 is 0. The van der Waals surface area contributed by atoms with Crippen LogP contribution in [0, 0.1) is 0 Å². The second kappa shape index (κ2) is 9.33. The van der Waals surface area contributed by atoms with E-state index < -0.39 is 28.3 Å². The zero-order valence-electron chi connectivity index (χ0n) is 14.8. The summed E-state index contributed by atoms with van der Waals surface area (Å²) in [4.78, 5) is 0. The fourth-order valence-corrected chi connectivity index (χ4v) is 6.06. The molecule has 0 aliphatic carbocycles. The van der Waals surface area contributed by atoms with E-state index in [-0.39, 0.29) is 5.04 Å². The summed E-state index contributed by atoms with van der Waals surface area (Å²) in [6, 6.07) is 0. The van der Waals surface area contributed by atoms with Gasteiger partial charge in [-0.1, -0.05) is 33.9 Å². The van der Waals surface area contributed by atoms with E-state index in [0.29, 0.717) is 0 Å². The molecule has 10 heteroatoms. The van der Waals surface area contributed by atoms with Crippen LogP contribution in [0.15, 0.2) is 0 Å². The van der Waals surface area contributed by atoms with Crippen LogP contribution in [0.2, 0.25) is 18.1 Å². The Labute approximate surface area is 137 Å². The molecular weight excluding hydrogens is 344 g/mol. The molecule has 1 saturated heterocycles. The molecule has 0 aromatic rings. The Morgan fingerprint density at radius 1 is 1.00 bits per heavy atom. The molecule has 0 aromatic heterocycles. The van der Waals surface area contributed by atoms with Gasteiger partial charge in [0.05, 0.1) is 12.5 Å². The highest BCUT2D eigenvalue weighted by Crippen LogP contribution is 2.33. The van der Waals surface area contributed by atoms with E-state index in [9.17, 15) is 16.8 Å². The van der Waals surface area contributed by atoms with Gasteiger partial charge in [0.2, 0.25) is 20.0 Å². The Kier molecular flexibility index (Phi) is 10.3. The van der Waals surface area contributed by atoms with Crippen LogP contribution in [0.1, 0.15) is 33.6 Å². The van der Waals surface area contributed by atoms with E-state index in [4.69, 9.17) is 4.74 Å². The minimum absolute atomic E-state index is 0.0517. The highest BCUT2D eigenvalue weighted by atomic mass is 32.2. The maximum Gasteiger partial charge on any atom is 0.206 e. The molecule has 1 fully saturated rings. The van der Waals surface area contributed by atoms with Gasteiger partial charge in [-0.15, -0.1) is 0 Å². The summed E-state index contributed by atoms with van der Waals surface area (Å²) in [6.07, 6.45) is 4.71. The van der Waals surface area contributed by atoms with Gasteiger partial charge in [0.25, 0.3) is 0 Å². The normalized spacial score (nSPS) is 16.2. The molecule has 0 bridgehead atoms. The third-order valence-electron chi connectivity index (χ3n) is 3.14. The number of hydrogen-bond donors (Lipinski definition) is 2. The number of nitrogens with one attached hydrogen (secondary N) is 1. The number of sulfonamides is 2. The predicted octanol–water partition coefficient (Wildman–Crippen LogP) is 1.24. The molecule has 3 N–H and O–H groups in total.